The lowest BCUT2D eigenvalue weighted by molar-refractivity contribution is 0.0958. The van der Waals surface area contributed by atoms with E-state index in [4.69, 9.17) is 9.47 Å². The van der Waals surface area contributed by atoms with Gasteiger partial charge in [0.15, 0.2) is 11.5 Å². The van der Waals surface area contributed by atoms with E-state index >= 15 is 0 Å². The summed E-state index contributed by atoms with van der Waals surface area (Å²) in [6, 6.07) is 12.5. The maximum atomic E-state index is 12.4. The van der Waals surface area contributed by atoms with Crippen LogP contribution in [0.15, 0.2) is 42.5 Å². The molecule has 0 aromatic heterocycles. The summed E-state index contributed by atoms with van der Waals surface area (Å²) in [6.07, 6.45) is 0. The fourth-order valence-corrected chi connectivity index (χ4v) is 3.01. The molecule has 3 rings (SSSR count). The first-order valence-corrected chi connectivity index (χ1v) is 9.94. The van der Waals surface area contributed by atoms with Crippen molar-refractivity contribution in [3.63, 3.8) is 0 Å². The van der Waals surface area contributed by atoms with Gasteiger partial charge in [0.1, 0.15) is 0 Å². The first kappa shape index (κ1) is 21.1. The number of rotatable bonds is 7. The standard InChI is InChI=1S/C23H25N3O4/c1-3-29-20-12-9-18(16-21(20)30-4-2)22(27)24-13-5-6-17-7-10-19(11-8-17)26-15-14-25-23(26)28/h7-12,16H,3-4,13-15H2,1-2H3,(H,24,27)(H,25,28). The van der Waals surface area contributed by atoms with Gasteiger partial charge < -0.3 is 20.1 Å². The number of hydrogen-bond acceptors (Lipinski definition) is 4. The van der Waals surface area contributed by atoms with Gasteiger partial charge in [-0.15, -0.1) is 0 Å². The van der Waals surface area contributed by atoms with E-state index in [2.05, 4.69) is 22.5 Å². The molecule has 1 heterocycles. The van der Waals surface area contributed by atoms with Crippen molar-refractivity contribution < 1.29 is 19.1 Å². The number of amides is 3. The quantitative estimate of drug-likeness (QED) is 0.692. The van der Waals surface area contributed by atoms with E-state index in [9.17, 15) is 9.59 Å². The third-order valence-corrected chi connectivity index (χ3v) is 4.41. The maximum Gasteiger partial charge on any atom is 0.321 e. The maximum absolute atomic E-state index is 12.4. The van der Waals surface area contributed by atoms with E-state index in [1.54, 1.807) is 23.1 Å². The Balaban J connectivity index is 1.56. The van der Waals surface area contributed by atoms with Crippen LogP contribution in [0, 0.1) is 11.8 Å². The first-order chi connectivity index (χ1) is 14.6. The van der Waals surface area contributed by atoms with E-state index in [1.807, 2.05) is 38.1 Å². The molecule has 0 radical (unpaired) electrons. The summed E-state index contributed by atoms with van der Waals surface area (Å²) >= 11 is 0. The highest BCUT2D eigenvalue weighted by Crippen LogP contribution is 2.28. The van der Waals surface area contributed by atoms with E-state index in [-0.39, 0.29) is 18.5 Å². The van der Waals surface area contributed by atoms with Crippen LogP contribution in [0.1, 0.15) is 29.8 Å². The molecule has 30 heavy (non-hydrogen) atoms. The van der Waals surface area contributed by atoms with Gasteiger partial charge in [0.25, 0.3) is 5.91 Å². The lowest BCUT2D eigenvalue weighted by Crippen LogP contribution is -2.27. The molecule has 156 valence electrons. The molecule has 7 nitrogen and oxygen atoms in total. The van der Waals surface area contributed by atoms with Gasteiger partial charge in [-0.3, -0.25) is 9.69 Å². The Labute approximate surface area is 176 Å². The van der Waals surface area contributed by atoms with Crippen LogP contribution >= 0.6 is 0 Å². The Morgan fingerprint density at radius 1 is 1.10 bits per heavy atom. The van der Waals surface area contributed by atoms with Crippen molar-refractivity contribution in [2.75, 3.05) is 37.7 Å². The van der Waals surface area contributed by atoms with Gasteiger partial charge in [-0.25, -0.2) is 4.79 Å². The molecule has 1 aliphatic heterocycles. The zero-order valence-corrected chi connectivity index (χ0v) is 17.2. The molecule has 1 fully saturated rings. The average Bonchev–Trinajstić information content (AvgIpc) is 3.19. The van der Waals surface area contributed by atoms with Crippen LogP contribution in [0.2, 0.25) is 0 Å². The number of carbonyl (C=O) groups excluding carboxylic acids is 2. The molecule has 0 atom stereocenters. The number of nitrogens with zero attached hydrogens (tertiary/aromatic N) is 1. The second-order valence-corrected chi connectivity index (χ2v) is 6.44. The third-order valence-electron chi connectivity index (χ3n) is 4.41. The highest BCUT2D eigenvalue weighted by atomic mass is 16.5. The molecule has 2 aromatic carbocycles. The van der Waals surface area contributed by atoms with Crippen molar-refractivity contribution in [1.82, 2.24) is 10.6 Å². The largest absolute Gasteiger partial charge is 0.490 e. The van der Waals surface area contributed by atoms with Crippen LogP contribution in [0.25, 0.3) is 0 Å². The minimum atomic E-state index is -0.233. The molecule has 3 amide bonds. The van der Waals surface area contributed by atoms with Crippen LogP contribution in [-0.4, -0.2) is 44.8 Å². The fraction of sp³-hybridized carbons (Fsp3) is 0.304. The van der Waals surface area contributed by atoms with Gasteiger partial charge in [0, 0.05) is 29.9 Å². The van der Waals surface area contributed by atoms with Crippen molar-refractivity contribution in [2.45, 2.75) is 13.8 Å². The molecule has 0 aliphatic carbocycles. The summed E-state index contributed by atoms with van der Waals surface area (Å²) in [7, 11) is 0. The highest BCUT2D eigenvalue weighted by molar-refractivity contribution is 5.95. The number of nitrogens with one attached hydrogen (secondary N) is 2. The van der Waals surface area contributed by atoms with E-state index in [1.165, 1.54) is 0 Å². The number of benzene rings is 2. The molecule has 0 spiro atoms. The van der Waals surface area contributed by atoms with E-state index in [0.29, 0.717) is 43.4 Å². The Hall–Kier alpha value is -3.66. The van der Waals surface area contributed by atoms with Gasteiger partial charge in [0.05, 0.1) is 19.8 Å². The Bertz CT molecular complexity index is 961. The normalized spacial score (nSPS) is 12.6. The van der Waals surface area contributed by atoms with Gasteiger partial charge in [-0.05, 0) is 56.3 Å². The summed E-state index contributed by atoms with van der Waals surface area (Å²) < 4.78 is 11.1. The Morgan fingerprint density at radius 3 is 2.50 bits per heavy atom. The first-order valence-electron chi connectivity index (χ1n) is 9.94. The van der Waals surface area contributed by atoms with Crippen molar-refractivity contribution >= 4 is 17.6 Å². The van der Waals surface area contributed by atoms with Gasteiger partial charge in [-0.2, -0.15) is 0 Å². The SMILES string of the molecule is CCOc1ccc(C(=O)NCC#Cc2ccc(N3CCNC3=O)cc2)cc1OCC. The van der Waals surface area contributed by atoms with E-state index in [0.717, 1.165) is 11.3 Å². The summed E-state index contributed by atoms with van der Waals surface area (Å²) in [5.41, 5.74) is 2.13. The predicted molar refractivity (Wildman–Crippen MR) is 115 cm³/mol. The zero-order valence-electron chi connectivity index (χ0n) is 17.2. The minimum absolute atomic E-state index is 0.0849. The number of ether oxygens (including phenoxy) is 2. The molecular formula is C23H25N3O4. The van der Waals surface area contributed by atoms with E-state index < -0.39 is 0 Å². The number of urea groups is 1. The second kappa shape index (κ2) is 10.2. The zero-order chi connectivity index (χ0) is 21.3. The van der Waals surface area contributed by atoms with Gasteiger partial charge in [0.2, 0.25) is 0 Å². The Kier molecular flexibility index (Phi) is 7.17. The lowest BCUT2D eigenvalue weighted by Gasteiger charge is -2.13. The number of hydrogen-bond donors (Lipinski definition) is 2. The van der Waals surface area contributed by atoms with Crippen LogP contribution in [-0.2, 0) is 0 Å². The topological polar surface area (TPSA) is 79.9 Å². The van der Waals surface area contributed by atoms with Gasteiger partial charge >= 0.3 is 6.03 Å². The molecule has 1 aliphatic rings. The monoisotopic (exact) mass is 407 g/mol. The smallest absolute Gasteiger partial charge is 0.321 e. The predicted octanol–water partition coefficient (Wildman–Crippen LogP) is 2.80. The number of anilines is 1. The average molecular weight is 407 g/mol. The molecule has 2 N–H and O–H groups in total. The molecule has 0 unspecified atom stereocenters. The summed E-state index contributed by atoms with van der Waals surface area (Å²) in [4.78, 5) is 25.8. The van der Waals surface area contributed by atoms with Crippen LogP contribution in [0.3, 0.4) is 0 Å². The van der Waals surface area contributed by atoms with Crippen LogP contribution in [0.5, 0.6) is 11.5 Å². The van der Waals surface area contributed by atoms with Crippen LogP contribution < -0.4 is 25.0 Å². The Morgan fingerprint density at radius 2 is 1.83 bits per heavy atom. The van der Waals surface area contributed by atoms with Crippen molar-refractivity contribution in [3.8, 4) is 23.3 Å². The summed E-state index contributed by atoms with van der Waals surface area (Å²) in [6.45, 7) is 6.31. The van der Waals surface area contributed by atoms with Crippen molar-refractivity contribution in [3.05, 3.63) is 53.6 Å². The fourth-order valence-electron chi connectivity index (χ4n) is 3.01. The third kappa shape index (κ3) is 5.23. The molecule has 2 aromatic rings. The molecule has 1 saturated heterocycles. The molecule has 0 bridgehead atoms. The highest BCUT2D eigenvalue weighted by Gasteiger charge is 2.20. The minimum Gasteiger partial charge on any atom is -0.490 e. The molecular weight excluding hydrogens is 382 g/mol. The van der Waals surface area contributed by atoms with Crippen molar-refractivity contribution in [2.24, 2.45) is 0 Å². The molecule has 0 saturated carbocycles. The summed E-state index contributed by atoms with van der Waals surface area (Å²) in [5.74, 6) is 6.88. The lowest BCUT2D eigenvalue weighted by atomic mass is 10.2. The summed E-state index contributed by atoms with van der Waals surface area (Å²) in [5, 5.41) is 5.55. The van der Waals surface area contributed by atoms with Gasteiger partial charge in [-0.1, -0.05) is 11.8 Å². The molecule has 7 heteroatoms. The van der Waals surface area contributed by atoms with Crippen molar-refractivity contribution in [1.29, 1.82) is 0 Å². The van der Waals surface area contributed by atoms with Crippen LogP contribution in [0.4, 0.5) is 10.5 Å². The number of carbonyl (C=O) groups is 2. The second-order valence-electron chi connectivity index (χ2n) is 6.44.